The summed E-state index contributed by atoms with van der Waals surface area (Å²) in [5.74, 6) is 0.332. The number of hydrogen-bond donors (Lipinski definition) is 1. The second-order valence-electron chi connectivity index (χ2n) is 4.01. The summed E-state index contributed by atoms with van der Waals surface area (Å²) in [6, 6.07) is 8.66. The molecule has 0 saturated heterocycles. The molecular weight excluding hydrogens is 503 g/mol. The van der Waals surface area contributed by atoms with Crippen molar-refractivity contribution in [1.82, 2.24) is 9.97 Å². The predicted molar refractivity (Wildman–Crippen MR) is 75.6 cm³/mol. The van der Waals surface area contributed by atoms with Gasteiger partial charge in [0.2, 0.25) is 0 Å². The van der Waals surface area contributed by atoms with Crippen molar-refractivity contribution >= 4 is 53.1 Å². The average Bonchev–Trinajstić information content (AvgIpc) is 2.84. The van der Waals surface area contributed by atoms with E-state index in [1.165, 1.54) is 6.07 Å². The van der Waals surface area contributed by atoms with E-state index < -0.39 is 0 Å². The number of nitrogens with one attached hydrogen (secondary N) is 1. The molecule has 0 aliphatic heterocycles. The van der Waals surface area contributed by atoms with Gasteiger partial charge < -0.3 is 0 Å². The standard InChI is InChI=1S/C13H8BrFN2O.Tl/c14-7-4-9(13(18)16-6-7)12-5-8-10(15)2-1-3-11(8)17-12;/h1-6,17H,(H,16,18);/q;+1/p-1. The van der Waals surface area contributed by atoms with E-state index in [4.69, 9.17) is 2.69 Å². The molecule has 0 bridgehead atoms. The monoisotopic (exact) mass is 510 g/mol. The fraction of sp³-hybridized carbons (Fsp3) is 0. The van der Waals surface area contributed by atoms with Gasteiger partial charge in [-0.15, -0.1) is 0 Å². The Kier molecular flexibility index (Phi) is 3.57. The van der Waals surface area contributed by atoms with Gasteiger partial charge in [0.15, 0.2) is 0 Å². The normalized spacial score (nSPS) is 10.8. The SMILES string of the molecule is Fc1cccc2[nH]c(-c3cc(Br)cnc3[O][Tl])cc12. The minimum absolute atomic E-state index is 0.238. The van der Waals surface area contributed by atoms with Gasteiger partial charge in [0, 0.05) is 0 Å². The quantitative estimate of drug-likeness (QED) is 0.536. The molecule has 0 atom stereocenters. The van der Waals surface area contributed by atoms with Crippen LogP contribution in [0.4, 0.5) is 4.39 Å². The number of pyridine rings is 1. The zero-order valence-electron chi connectivity index (χ0n) is 9.65. The molecule has 0 aliphatic carbocycles. The zero-order chi connectivity index (χ0) is 13.4. The molecule has 0 fully saturated rings. The topological polar surface area (TPSA) is 37.9 Å². The third-order valence-electron chi connectivity index (χ3n) is 2.83. The summed E-state index contributed by atoms with van der Waals surface area (Å²) in [7, 11) is 0. The molecule has 3 aromatic rings. The fourth-order valence-corrected chi connectivity index (χ4v) is 3.04. The van der Waals surface area contributed by atoms with Gasteiger partial charge in [-0.3, -0.25) is 0 Å². The van der Waals surface area contributed by atoms with Gasteiger partial charge >= 0.3 is 134 Å². The van der Waals surface area contributed by atoms with Crippen molar-refractivity contribution in [3.05, 3.63) is 46.8 Å². The van der Waals surface area contributed by atoms with Crippen LogP contribution in [-0.4, -0.2) is 36.2 Å². The van der Waals surface area contributed by atoms with Crippen molar-refractivity contribution in [1.29, 1.82) is 0 Å². The molecule has 0 unspecified atom stereocenters. The molecule has 3 rings (SSSR count). The van der Waals surface area contributed by atoms with Gasteiger partial charge in [0.1, 0.15) is 0 Å². The van der Waals surface area contributed by atoms with E-state index >= 15 is 0 Å². The Labute approximate surface area is 133 Å². The van der Waals surface area contributed by atoms with Gasteiger partial charge in [0.05, 0.1) is 0 Å². The second-order valence-corrected chi connectivity index (χ2v) is 5.84. The van der Waals surface area contributed by atoms with Crippen LogP contribution in [0.15, 0.2) is 41.0 Å². The molecule has 2 aromatic heterocycles. The molecule has 0 amide bonds. The summed E-state index contributed by atoms with van der Waals surface area (Å²) in [6.07, 6.45) is 1.68. The first-order chi connectivity index (χ1) is 9.19. The number of halogens is 2. The van der Waals surface area contributed by atoms with E-state index in [-0.39, 0.29) is 5.82 Å². The second kappa shape index (κ2) is 5.20. The van der Waals surface area contributed by atoms with E-state index in [9.17, 15) is 4.39 Å². The summed E-state index contributed by atoms with van der Waals surface area (Å²) < 4.78 is 20.0. The molecule has 0 aliphatic rings. The van der Waals surface area contributed by atoms with Gasteiger partial charge in [-0.1, -0.05) is 0 Å². The van der Waals surface area contributed by atoms with E-state index in [2.05, 4.69) is 25.9 Å². The van der Waals surface area contributed by atoms with Crippen LogP contribution in [0.1, 0.15) is 0 Å². The van der Waals surface area contributed by atoms with Crippen LogP contribution in [0.2, 0.25) is 0 Å². The van der Waals surface area contributed by atoms with Crippen LogP contribution in [0.5, 0.6) is 5.88 Å². The Morgan fingerprint density at radius 3 is 2.89 bits per heavy atom. The first-order valence-corrected chi connectivity index (χ1v) is 8.11. The van der Waals surface area contributed by atoms with Crippen molar-refractivity contribution < 1.29 is 7.08 Å². The zero-order valence-corrected chi connectivity index (χ0v) is 15.7. The molecule has 6 heteroatoms. The number of aromatic amines is 1. The van der Waals surface area contributed by atoms with E-state index in [0.29, 0.717) is 37.5 Å². The Morgan fingerprint density at radius 2 is 2.16 bits per heavy atom. The maximum atomic E-state index is 13.7. The van der Waals surface area contributed by atoms with Crippen LogP contribution in [0.25, 0.3) is 22.2 Å². The first kappa shape index (κ1) is 13.0. The Bertz CT molecular complexity index is 759. The number of H-pyrrole nitrogens is 1. The number of aromatic nitrogens is 2. The number of hydrogen-bond acceptors (Lipinski definition) is 2. The van der Waals surface area contributed by atoms with Crippen molar-refractivity contribution in [2.24, 2.45) is 0 Å². The van der Waals surface area contributed by atoms with Crippen LogP contribution in [0, 0.1) is 5.82 Å². The number of nitrogens with zero attached hydrogens (tertiary/aromatic N) is 1. The predicted octanol–water partition coefficient (Wildman–Crippen LogP) is 3.59. The van der Waals surface area contributed by atoms with Crippen LogP contribution in [0.3, 0.4) is 0 Å². The van der Waals surface area contributed by atoms with Crippen LogP contribution >= 0.6 is 15.9 Å². The van der Waals surface area contributed by atoms with Crippen molar-refractivity contribution in [3.63, 3.8) is 0 Å². The summed E-state index contributed by atoms with van der Waals surface area (Å²) in [4.78, 5) is 7.42. The number of benzene rings is 1. The Hall–Kier alpha value is -0.958. The molecular formula is C13H7BrFN2OTl. The van der Waals surface area contributed by atoms with Crippen LogP contribution in [-0.2, 0) is 0 Å². The van der Waals surface area contributed by atoms with E-state index in [0.717, 1.165) is 21.2 Å². The Morgan fingerprint density at radius 1 is 1.32 bits per heavy atom. The molecule has 0 spiro atoms. The molecule has 0 radical (unpaired) electrons. The maximum absolute atomic E-state index is 13.7. The van der Waals surface area contributed by atoms with Crippen molar-refractivity contribution in [3.8, 4) is 17.1 Å². The van der Waals surface area contributed by atoms with Gasteiger partial charge in [-0.05, 0) is 0 Å². The summed E-state index contributed by atoms with van der Waals surface area (Å²) in [6.45, 7) is 0. The molecule has 0 saturated carbocycles. The summed E-state index contributed by atoms with van der Waals surface area (Å²) >= 11 is 3.73. The van der Waals surface area contributed by atoms with Crippen LogP contribution < -0.4 is 2.69 Å². The molecule has 2 heterocycles. The number of rotatable bonds is 2. The minimum atomic E-state index is -0.238. The first-order valence-electron chi connectivity index (χ1n) is 5.49. The van der Waals surface area contributed by atoms with Crippen molar-refractivity contribution in [2.75, 3.05) is 0 Å². The molecule has 1 aromatic carbocycles. The average molecular weight is 510 g/mol. The van der Waals surface area contributed by atoms with Crippen molar-refractivity contribution in [2.45, 2.75) is 0 Å². The molecule has 92 valence electrons. The van der Waals surface area contributed by atoms with Gasteiger partial charge in [-0.25, -0.2) is 0 Å². The fourth-order valence-electron chi connectivity index (χ4n) is 1.98. The number of fused-ring (bicyclic) bond motifs is 1. The molecule has 3 nitrogen and oxygen atoms in total. The van der Waals surface area contributed by atoms with Gasteiger partial charge in [0.25, 0.3) is 0 Å². The van der Waals surface area contributed by atoms with E-state index in [1.54, 1.807) is 18.3 Å². The van der Waals surface area contributed by atoms with Gasteiger partial charge in [-0.2, -0.15) is 0 Å². The summed E-state index contributed by atoms with van der Waals surface area (Å²) in [5, 5.41) is 0.569. The third-order valence-corrected chi connectivity index (χ3v) is 4.13. The summed E-state index contributed by atoms with van der Waals surface area (Å²) in [5.41, 5.74) is 2.38. The van der Waals surface area contributed by atoms with E-state index in [1.807, 2.05) is 12.1 Å². The Balaban J connectivity index is 2.24. The third kappa shape index (κ3) is 2.40. The molecule has 1 N–H and O–H groups in total. The molecule has 19 heavy (non-hydrogen) atoms.